The molecule has 5 aromatic carbocycles. The fourth-order valence-electron chi connectivity index (χ4n) is 7.35. The third kappa shape index (κ3) is 4.35. The Morgan fingerprint density at radius 3 is 1.93 bits per heavy atom. The number of hydrogen-bond donors (Lipinski definition) is 1. The number of H-pyrrole nitrogens is 1. The van der Waals surface area contributed by atoms with E-state index in [0.29, 0.717) is 0 Å². The molecular formula is C41H34N4Si. The number of imidazole rings is 1. The average Bonchev–Trinajstić information content (AvgIpc) is 3.66. The molecule has 0 unspecified atom stereocenters. The summed E-state index contributed by atoms with van der Waals surface area (Å²) in [6.45, 7) is 4.66. The summed E-state index contributed by atoms with van der Waals surface area (Å²) in [5.41, 5.74) is 6.95. The molecule has 0 bridgehead atoms. The first-order valence-electron chi connectivity index (χ1n) is 15.8. The average molecular weight is 611 g/mol. The Morgan fingerprint density at radius 1 is 0.565 bits per heavy atom. The van der Waals surface area contributed by atoms with E-state index in [2.05, 4.69) is 168 Å². The van der Waals surface area contributed by atoms with Gasteiger partial charge in [-0.15, -0.1) is 0 Å². The molecule has 0 atom stereocenters. The number of aromatic amines is 1. The number of anilines is 3. The van der Waals surface area contributed by atoms with Gasteiger partial charge in [-0.1, -0.05) is 123 Å². The Bertz CT molecular complexity index is 2030. The summed E-state index contributed by atoms with van der Waals surface area (Å²) < 4.78 is 0. The van der Waals surface area contributed by atoms with E-state index >= 15 is 0 Å². The van der Waals surface area contributed by atoms with E-state index in [9.17, 15) is 0 Å². The lowest BCUT2D eigenvalue weighted by atomic mass is 9.73. The fraction of sp³-hybridized carbons (Fsp3) is 0.0732. The predicted molar refractivity (Wildman–Crippen MR) is 192 cm³/mol. The van der Waals surface area contributed by atoms with E-state index in [-0.39, 0.29) is 5.41 Å². The zero-order chi connectivity index (χ0) is 31.1. The molecule has 1 aliphatic heterocycles. The van der Waals surface area contributed by atoms with Crippen molar-refractivity contribution in [2.45, 2.75) is 19.3 Å². The number of benzene rings is 5. The van der Waals surface area contributed by atoms with Crippen LogP contribution in [-0.2, 0) is 5.41 Å². The summed E-state index contributed by atoms with van der Waals surface area (Å²) >= 11 is 0. The zero-order valence-electron chi connectivity index (χ0n) is 25.9. The highest BCUT2D eigenvalue weighted by atomic mass is 28.3. The summed E-state index contributed by atoms with van der Waals surface area (Å²) in [5.74, 6) is 0.864. The van der Waals surface area contributed by atoms with E-state index in [0.717, 1.165) is 22.4 Å². The first-order valence-corrected chi connectivity index (χ1v) is 17.8. The third-order valence-corrected chi connectivity index (χ3v) is 14.1. The maximum absolute atomic E-state index is 5.09. The topological polar surface area (TPSA) is 44.8 Å². The van der Waals surface area contributed by atoms with E-state index in [1.54, 1.807) is 0 Å². The van der Waals surface area contributed by atoms with Crippen molar-refractivity contribution >= 4 is 46.0 Å². The Balaban J connectivity index is 1.41. The molecule has 5 heteroatoms. The lowest BCUT2D eigenvalue weighted by Gasteiger charge is -2.42. The smallest absolute Gasteiger partial charge is 0.201 e. The number of rotatable bonds is 6. The SMILES string of the molecule is CC1(C)c2ccccc2N(c2cccc([Si](c3ccccc3)(c3ccccc3)c3ccccn3)c2)c2cc(-c3ncc[nH]3)ccc21. The number of pyridine rings is 1. The highest BCUT2D eigenvalue weighted by Gasteiger charge is 2.44. The van der Waals surface area contributed by atoms with Gasteiger partial charge in [0.1, 0.15) is 5.82 Å². The van der Waals surface area contributed by atoms with Crippen molar-refractivity contribution in [1.82, 2.24) is 15.0 Å². The molecule has 0 saturated heterocycles. The number of nitrogens with zero attached hydrogens (tertiary/aromatic N) is 3. The summed E-state index contributed by atoms with van der Waals surface area (Å²) in [6, 6.07) is 53.1. The first-order chi connectivity index (χ1) is 22.6. The van der Waals surface area contributed by atoms with Crippen molar-refractivity contribution in [2.75, 3.05) is 4.90 Å². The van der Waals surface area contributed by atoms with Crippen LogP contribution in [0.5, 0.6) is 0 Å². The number of aromatic nitrogens is 3. The second-order valence-electron chi connectivity index (χ2n) is 12.4. The van der Waals surface area contributed by atoms with Crippen LogP contribution in [0, 0.1) is 0 Å². The van der Waals surface area contributed by atoms with Crippen molar-refractivity contribution in [1.29, 1.82) is 0 Å². The molecule has 0 fully saturated rings. The van der Waals surface area contributed by atoms with Gasteiger partial charge in [0.05, 0.1) is 11.4 Å². The van der Waals surface area contributed by atoms with Gasteiger partial charge in [-0.3, -0.25) is 4.98 Å². The quantitative estimate of drug-likeness (QED) is 0.164. The number of nitrogens with one attached hydrogen (secondary N) is 1. The van der Waals surface area contributed by atoms with Crippen LogP contribution in [0.15, 0.2) is 164 Å². The molecule has 46 heavy (non-hydrogen) atoms. The Hall–Kier alpha value is -5.52. The predicted octanol–water partition coefficient (Wildman–Crippen LogP) is 6.96. The van der Waals surface area contributed by atoms with E-state index in [4.69, 9.17) is 4.98 Å². The van der Waals surface area contributed by atoms with Gasteiger partial charge < -0.3 is 9.88 Å². The fourth-order valence-corrected chi connectivity index (χ4v) is 11.9. The molecule has 2 aromatic heterocycles. The van der Waals surface area contributed by atoms with Crippen molar-refractivity contribution < 1.29 is 0 Å². The van der Waals surface area contributed by atoms with Gasteiger partial charge in [-0.25, -0.2) is 4.98 Å². The molecule has 1 aliphatic rings. The minimum Gasteiger partial charge on any atom is -0.345 e. The van der Waals surface area contributed by atoms with Crippen LogP contribution >= 0.6 is 0 Å². The van der Waals surface area contributed by atoms with Gasteiger partial charge in [0.15, 0.2) is 0 Å². The van der Waals surface area contributed by atoms with Gasteiger partial charge in [-0.05, 0) is 63.1 Å². The monoisotopic (exact) mass is 610 g/mol. The molecule has 0 amide bonds. The Labute approximate surface area is 271 Å². The molecule has 222 valence electrons. The highest BCUT2D eigenvalue weighted by molar-refractivity contribution is 7.19. The van der Waals surface area contributed by atoms with Crippen LogP contribution in [0.4, 0.5) is 17.1 Å². The van der Waals surface area contributed by atoms with Crippen LogP contribution in [0.1, 0.15) is 25.0 Å². The molecule has 8 rings (SSSR count). The second kappa shape index (κ2) is 11.1. The first kappa shape index (κ1) is 28.0. The minimum absolute atomic E-state index is 0.178. The summed E-state index contributed by atoms with van der Waals surface area (Å²) in [6.07, 6.45) is 5.62. The molecule has 0 spiro atoms. The number of fused-ring (bicyclic) bond motifs is 2. The van der Waals surface area contributed by atoms with Crippen molar-refractivity contribution in [3.05, 3.63) is 175 Å². The van der Waals surface area contributed by atoms with Gasteiger partial charge in [-0.2, -0.15) is 0 Å². The molecule has 7 aromatic rings. The maximum atomic E-state index is 5.09. The van der Waals surface area contributed by atoms with Gasteiger partial charge in [0, 0.05) is 40.6 Å². The highest BCUT2D eigenvalue weighted by Crippen LogP contribution is 2.52. The van der Waals surface area contributed by atoms with Crippen LogP contribution in [0.2, 0.25) is 0 Å². The van der Waals surface area contributed by atoms with Crippen LogP contribution in [0.25, 0.3) is 11.4 Å². The van der Waals surface area contributed by atoms with Crippen molar-refractivity contribution in [3.8, 4) is 11.4 Å². The lowest BCUT2D eigenvalue weighted by molar-refractivity contribution is 0.632. The molecule has 3 heterocycles. The Kier molecular flexibility index (Phi) is 6.77. The minimum atomic E-state index is -2.81. The van der Waals surface area contributed by atoms with Gasteiger partial charge >= 0.3 is 0 Å². The van der Waals surface area contributed by atoms with Crippen LogP contribution < -0.4 is 25.8 Å². The van der Waals surface area contributed by atoms with Crippen LogP contribution in [0.3, 0.4) is 0 Å². The Morgan fingerprint density at radius 2 is 1.24 bits per heavy atom. The summed E-state index contributed by atoms with van der Waals surface area (Å²) in [4.78, 5) is 15.4. The van der Waals surface area contributed by atoms with E-state index < -0.39 is 8.07 Å². The lowest BCUT2D eigenvalue weighted by Crippen LogP contribution is -2.75. The van der Waals surface area contributed by atoms with Gasteiger partial charge in [0.25, 0.3) is 0 Å². The summed E-state index contributed by atoms with van der Waals surface area (Å²) in [7, 11) is -2.81. The molecule has 1 N–H and O–H groups in total. The molecule has 0 saturated carbocycles. The van der Waals surface area contributed by atoms with Crippen molar-refractivity contribution in [3.63, 3.8) is 0 Å². The normalized spacial score (nSPS) is 13.6. The standard InChI is InChI=1S/C41H34N4Si/c1-41(2)35-20-9-10-21-37(35)45(38-28-30(23-24-36(38)41)40-43-26-27-44-40)31-14-13-19-34(29-31)46(32-15-5-3-6-16-32,33-17-7-4-8-18-33)39-22-11-12-25-42-39/h3-29H,1-2H3,(H,43,44). The zero-order valence-corrected chi connectivity index (χ0v) is 26.9. The maximum Gasteiger partial charge on any atom is 0.201 e. The van der Waals surface area contributed by atoms with Gasteiger partial charge in [0.2, 0.25) is 8.07 Å². The summed E-state index contributed by atoms with van der Waals surface area (Å²) in [5, 5.41) is 5.01. The second-order valence-corrected chi connectivity index (χ2v) is 16.1. The third-order valence-electron chi connectivity index (χ3n) is 9.50. The molecule has 0 radical (unpaired) electrons. The number of hydrogen-bond acceptors (Lipinski definition) is 3. The molecular weight excluding hydrogens is 577 g/mol. The number of para-hydroxylation sites is 1. The van der Waals surface area contributed by atoms with E-state index in [1.807, 2.05) is 24.7 Å². The molecule has 0 aliphatic carbocycles. The van der Waals surface area contributed by atoms with Crippen molar-refractivity contribution in [2.24, 2.45) is 0 Å². The largest absolute Gasteiger partial charge is 0.345 e. The molecule has 4 nitrogen and oxygen atoms in total. The van der Waals surface area contributed by atoms with Crippen LogP contribution in [-0.4, -0.2) is 23.0 Å². The van der Waals surface area contributed by atoms with E-state index in [1.165, 1.54) is 38.1 Å².